The third kappa shape index (κ3) is 2.00. The largest absolute Gasteiger partial charge is 0.393 e. The molecule has 3 heteroatoms. The average Bonchev–Trinajstić information content (AvgIpc) is 2.80. The summed E-state index contributed by atoms with van der Waals surface area (Å²) in [5.41, 5.74) is -0.610. The Bertz CT molecular complexity index is 545. The number of fused-ring (bicyclic) bond motifs is 5. The molecule has 2 unspecified atom stereocenters. The molecule has 0 saturated heterocycles. The van der Waals surface area contributed by atoms with E-state index in [0.29, 0.717) is 17.8 Å². The Hall–Kier alpha value is -0.410. The second-order valence-electron chi connectivity index (χ2n) is 10.0. The number of aliphatic hydroxyl groups is 2. The molecule has 0 heterocycles. The zero-order chi connectivity index (χ0) is 17.3. The molecule has 4 fully saturated rings. The number of rotatable bonds is 1. The number of aliphatic hydroxyl groups excluding tert-OH is 1. The van der Waals surface area contributed by atoms with E-state index in [1.54, 1.807) is 6.92 Å². The highest BCUT2D eigenvalue weighted by Crippen LogP contribution is 2.69. The molecule has 0 aliphatic heterocycles. The first-order valence-corrected chi connectivity index (χ1v) is 10.1. The number of carbonyl (C=O) groups excluding carboxylic acids is 1. The Balaban J connectivity index is 1.68. The van der Waals surface area contributed by atoms with Crippen LogP contribution in [0.25, 0.3) is 0 Å². The van der Waals surface area contributed by atoms with Crippen molar-refractivity contribution in [1.29, 1.82) is 0 Å². The third-order valence-corrected chi connectivity index (χ3v) is 9.32. The zero-order valence-electron chi connectivity index (χ0n) is 15.6. The fourth-order valence-electron chi connectivity index (χ4n) is 7.85. The highest BCUT2D eigenvalue weighted by atomic mass is 16.3. The molecule has 0 aromatic rings. The van der Waals surface area contributed by atoms with Crippen LogP contribution in [0.2, 0.25) is 0 Å². The number of hydrogen-bond donors (Lipinski definition) is 2. The van der Waals surface area contributed by atoms with Crippen molar-refractivity contribution in [2.75, 3.05) is 0 Å². The van der Waals surface area contributed by atoms with Crippen molar-refractivity contribution in [1.82, 2.24) is 0 Å². The summed E-state index contributed by atoms with van der Waals surface area (Å²) < 4.78 is 0. The van der Waals surface area contributed by atoms with Crippen LogP contribution >= 0.6 is 0 Å². The molecular weight excluding hydrogens is 300 g/mol. The molecule has 4 aliphatic rings. The first kappa shape index (κ1) is 17.0. The van der Waals surface area contributed by atoms with Crippen LogP contribution in [-0.2, 0) is 4.79 Å². The van der Waals surface area contributed by atoms with E-state index < -0.39 is 5.60 Å². The molecular formula is C21H34O3. The Labute approximate surface area is 146 Å². The third-order valence-electron chi connectivity index (χ3n) is 9.32. The lowest BCUT2D eigenvalue weighted by Gasteiger charge is -2.63. The maximum absolute atomic E-state index is 12.2. The Kier molecular flexibility index (Phi) is 3.76. The van der Waals surface area contributed by atoms with Crippen molar-refractivity contribution in [3.05, 3.63) is 0 Å². The number of carbonyl (C=O) groups is 1. The summed E-state index contributed by atoms with van der Waals surface area (Å²) in [5, 5.41) is 21.9. The second kappa shape index (κ2) is 5.30. The van der Waals surface area contributed by atoms with Crippen LogP contribution in [0.1, 0.15) is 78.6 Å². The van der Waals surface area contributed by atoms with Gasteiger partial charge in [-0.1, -0.05) is 13.8 Å². The number of ketones is 1. The van der Waals surface area contributed by atoms with Crippen LogP contribution in [0.5, 0.6) is 0 Å². The lowest BCUT2D eigenvalue weighted by Crippen LogP contribution is -2.62. The molecule has 3 nitrogen and oxygen atoms in total. The summed E-state index contributed by atoms with van der Waals surface area (Å²) in [5.74, 6) is 1.83. The summed E-state index contributed by atoms with van der Waals surface area (Å²) in [6, 6.07) is 0. The molecule has 0 spiro atoms. The molecule has 136 valence electrons. The lowest BCUT2D eigenvalue weighted by atomic mass is 9.43. The molecule has 24 heavy (non-hydrogen) atoms. The Morgan fingerprint density at radius 1 is 0.958 bits per heavy atom. The van der Waals surface area contributed by atoms with Gasteiger partial charge in [-0.15, -0.1) is 0 Å². The quantitative estimate of drug-likeness (QED) is 0.768. The molecule has 0 aromatic heterocycles. The molecule has 0 bridgehead atoms. The normalized spacial score (nSPS) is 57.0. The predicted octanol–water partition coefficient (Wildman–Crippen LogP) is 3.71. The summed E-state index contributed by atoms with van der Waals surface area (Å²) >= 11 is 0. The molecule has 0 aromatic carbocycles. The van der Waals surface area contributed by atoms with Gasteiger partial charge in [0.05, 0.1) is 11.7 Å². The van der Waals surface area contributed by atoms with Crippen LogP contribution in [0.15, 0.2) is 0 Å². The van der Waals surface area contributed by atoms with E-state index >= 15 is 0 Å². The molecule has 2 N–H and O–H groups in total. The summed E-state index contributed by atoms with van der Waals surface area (Å²) in [6.45, 7) is 6.35. The van der Waals surface area contributed by atoms with Crippen LogP contribution in [-0.4, -0.2) is 27.7 Å². The molecule has 8 atom stereocenters. The van der Waals surface area contributed by atoms with Crippen molar-refractivity contribution >= 4 is 5.78 Å². The van der Waals surface area contributed by atoms with Crippen molar-refractivity contribution in [2.24, 2.45) is 34.5 Å². The molecule has 4 aliphatic carbocycles. The van der Waals surface area contributed by atoms with Gasteiger partial charge in [0.25, 0.3) is 0 Å². The minimum Gasteiger partial charge on any atom is -0.393 e. The van der Waals surface area contributed by atoms with Gasteiger partial charge in [0.1, 0.15) is 5.78 Å². The molecule has 0 amide bonds. The molecule has 4 saturated carbocycles. The van der Waals surface area contributed by atoms with Crippen LogP contribution in [0.4, 0.5) is 0 Å². The standard InChI is InChI=1S/C21H34O3/c1-13(22)16-8-11-21(24)18-5-4-14-12-15(23)6-9-19(14,2)17(18)7-10-20(16,21)3/h14-18,23-24H,4-12H2,1-3H3/t14?,15?,16-,17+,18-,19+,20-,21-/m1/s1. The van der Waals surface area contributed by atoms with Crippen LogP contribution < -0.4 is 0 Å². The van der Waals surface area contributed by atoms with Gasteiger partial charge in [0.2, 0.25) is 0 Å². The predicted molar refractivity (Wildman–Crippen MR) is 93.4 cm³/mol. The average molecular weight is 335 g/mol. The van der Waals surface area contributed by atoms with Crippen molar-refractivity contribution in [2.45, 2.75) is 90.3 Å². The van der Waals surface area contributed by atoms with Crippen molar-refractivity contribution < 1.29 is 15.0 Å². The van der Waals surface area contributed by atoms with Gasteiger partial charge in [-0.3, -0.25) is 4.79 Å². The van der Waals surface area contributed by atoms with E-state index in [2.05, 4.69) is 13.8 Å². The summed E-state index contributed by atoms with van der Waals surface area (Å²) in [6.07, 6.45) is 8.87. The van der Waals surface area contributed by atoms with Gasteiger partial charge in [0, 0.05) is 11.3 Å². The second-order valence-corrected chi connectivity index (χ2v) is 10.0. The van der Waals surface area contributed by atoms with Gasteiger partial charge >= 0.3 is 0 Å². The first-order chi connectivity index (χ1) is 11.2. The maximum atomic E-state index is 12.2. The molecule has 0 radical (unpaired) electrons. The van der Waals surface area contributed by atoms with E-state index in [4.69, 9.17) is 0 Å². The van der Waals surface area contributed by atoms with E-state index in [0.717, 1.165) is 57.8 Å². The minimum atomic E-state index is -0.656. The van der Waals surface area contributed by atoms with Crippen LogP contribution in [0, 0.1) is 34.5 Å². The van der Waals surface area contributed by atoms with Crippen LogP contribution in [0.3, 0.4) is 0 Å². The van der Waals surface area contributed by atoms with Gasteiger partial charge in [-0.25, -0.2) is 0 Å². The van der Waals surface area contributed by atoms with E-state index in [-0.39, 0.29) is 28.6 Å². The van der Waals surface area contributed by atoms with Gasteiger partial charge in [-0.05, 0) is 87.9 Å². The minimum absolute atomic E-state index is 0.0437. The van der Waals surface area contributed by atoms with Gasteiger partial charge in [0.15, 0.2) is 0 Å². The number of Topliss-reactive ketones (excluding diaryl/α,β-unsaturated/α-hetero) is 1. The summed E-state index contributed by atoms with van der Waals surface area (Å²) in [7, 11) is 0. The van der Waals surface area contributed by atoms with E-state index in [1.807, 2.05) is 0 Å². The first-order valence-electron chi connectivity index (χ1n) is 10.1. The monoisotopic (exact) mass is 334 g/mol. The van der Waals surface area contributed by atoms with Crippen molar-refractivity contribution in [3.8, 4) is 0 Å². The highest BCUT2D eigenvalue weighted by molar-refractivity contribution is 5.80. The van der Waals surface area contributed by atoms with E-state index in [9.17, 15) is 15.0 Å². The molecule has 4 rings (SSSR count). The zero-order valence-corrected chi connectivity index (χ0v) is 15.6. The van der Waals surface area contributed by atoms with Crippen molar-refractivity contribution in [3.63, 3.8) is 0 Å². The highest BCUT2D eigenvalue weighted by Gasteiger charge is 2.67. The summed E-state index contributed by atoms with van der Waals surface area (Å²) in [4.78, 5) is 12.2. The Morgan fingerprint density at radius 2 is 1.71 bits per heavy atom. The lowest BCUT2D eigenvalue weighted by molar-refractivity contribution is -0.210. The van der Waals surface area contributed by atoms with E-state index in [1.165, 1.54) is 0 Å². The fraction of sp³-hybridized carbons (Fsp3) is 0.952. The SMILES string of the molecule is CC(=O)[C@H]1CC[C@@]2(O)[C@@H]3CCC4CC(O)CC[C@]4(C)[C@H]3CC[C@]12C. The number of hydrogen-bond acceptors (Lipinski definition) is 3. The van der Waals surface area contributed by atoms with Gasteiger partial charge < -0.3 is 10.2 Å². The maximum Gasteiger partial charge on any atom is 0.133 e. The smallest absolute Gasteiger partial charge is 0.133 e. The van der Waals surface area contributed by atoms with Gasteiger partial charge in [-0.2, -0.15) is 0 Å². The Morgan fingerprint density at radius 3 is 2.42 bits per heavy atom. The topological polar surface area (TPSA) is 57.5 Å². The fourth-order valence-corrected chi connectivity index (χ4v) is 7.85.